The summed E-state index contributed by atoms with van der Waals surface area (Å²) in [6.45, 7) is 1.65. The summed E-state index contributed by atoms with van der Waals surface area (Å²) in [5.41, 5.74) is 0.689. The van der Waals surface area contributed by atoms with Crippen LogP contribution in [0.5, 0.6) is 5.75 Å². The Labute approximate surface area is 218 Å². The second kappa shape index (κ2) is 9.87. The monoisotopic (exact) mass is 530 g/mol. The molecule has 0 unspecified atom stereocenters. The number of thiazole rings is 1. The lowest BCUT2D eigenvalue weighted by Crippen LogP contribution is -2.40. The summed E-state index contributed by atoms with van der Waals surface area (Å²) in [5.74, 6) is -1.52. The highest BCUT2D eigenvalue weighted by Gasteiger charge is 2.32. The maximum atomic E-state index is 13.8. The van der Waals surface area contributed by atoms with Crippen LogP contribution in [-0.2, 0) is 4.79 Å². The molecule has 1 aliphatic rings. The number of aromatic nitrogens is 1. The topological polar surface area (TPSA) is 127 Å². The zero-order chi connectivity index (χ0) is 27.0. The van der Waals surface area contributed by atoms with Gasteiger partial charge in [0.05, 0.1) is 26.8 Å². The number of anilines is 1. The van der Waals surface area contributed by atoms with Crippen molar-refractivity contribution in [2.24, 2.45) is 4.99 Å². The van der Waals surface area contributed by atoms with Gasteiger partial charge in [-0.25, -0.2) is 9.38 Å². The second-order valence-electron chi connectivity index (χ2n) is 8.43. The van der Waals surface area contributed by atoms with Gasteiger partial charge in [0.15, 0.2) is 4.80 Å². The van der Waals surface area contributed by atoms with Crippen LogP contribution < -0.4 is 20.2 Å². The largest absolute Gasteiger partial charge is 0.502 e. The number of carbonyl (C=O) groups excluding carboxylic acids is 1. The normalized spacial score (nSPS) is 15.1. The Bertz CT molecular complexity index is 1790. The molecule has 3 aromatic carbocycles. The number of hydrogen-bond donors (Lipinski definition) is 2. The lowest BCUT2D eigenvalue weighted by atomic mass is 9.95. The molecule has 1 aliphatic heterocycles. The van der Waals surface area contributed by atoms with Crippen molar-refractivity contribution in [3.8, 4) is 5.75 Å². The van der Waals surface area contributed by atoms with Gasteiger partial charge < -0.3 is 10.4 Å². The molecule has 190 valence electrons. The van der Waals surface area contributed by atoms with E-state index in [0.717, 1.165) is 17.4 Å². The van der Waals surface area contributed by atoms with Crippen molar-refractivity contribution in [3.05, 3.63) is 131 Å². The Morgan fingerprint density at radius 1 is 1.13 bits per heavy atom. The average molecular weight is 531 g/mol. The zero-order valence-corrected chi connectivity index (χ0v) is 20.6. The van der Waals surface area contributed by atoms with Gasteiger partial charge in [-0.1, -0.05) is 53.8 Å². The van der Waals surface area contributed by atoms with Gasteiger partial charge in [-0.3, -0.25) is 24.3 Å². The number of carbonyl (C=O) groups is 1. The number of rotatable bonds is 5. The molecular formula is C27H19FN4O5S. The number of nitrogens with zero attached hydrogens (tertiary/aromatic N) is 3. The number of nitrogens with one attached hydrogen (secondary N) is 1. The summed E-state index contributed by atoms with van der Waals surface area (Å²) in [6, 6.07) is 17.4. The first-order chi connectivity index (χ1) is 18.2. The van der Waals surface area contributed by atoms with Gasteiger partial charge in [0.1, 0.15) is 5.82 Å². The Balaban J connectivity index is 1.69. The van der Waals surface area contributed by atoms with Crippen molar-refractivity contribution >= 4 is 34.7 Å². The summed E-state index contributed by atoms with van der Waals surface area (Å²) >= 11 is 1.01. The lowest BCUT2D eigenvalue weighted by molar-refractivity contribution is -0.385. The van der Waals surface area contributed by atoms with Crippen LogP contribution in [0.1, 0.15) is 24.1 Å². The van der Waals surface area contributed by atoms with E-state index < -0.39 is 39.7 Å². The molecule has 0 fully saturated rings. The number of amides is 1. The summed E-state index contributed by atoms with van der Waals surface area (Å²) in [5, 5.41) is 24.4. The van der Waals surface area contributed by atoms with E-state index in [1.54, 1.807) is 31.2 Å². The number of aromatic hydroxyl groups is 1. The fourth-order valence-corrected chi connectivity index (χ4v) is 5.28. The van der Waals surface area contributed by atoms with Crippen molar-refractivity contribution in [3.63, 3.8) is 0 Å². The molecule has 38 heavy (non-hydrogen) atoms. The van der Waals surface area contributed by atoms with Crippen LogP contribution in [-0.4, -0.2) is 20.5 Å². The maximum Gasteiger partial charge on any atom is 0.311 e. The van der Waals surface area contributed by atoms with Crippen molar-refractivity contribution < 1.29 is 19.2 Å². The third-order valence-electron chi connectivity index (χ3n) is 6.01. The predicted octanol–water partition coefficient (Wildman–Crippen LogP) is 3.63. The standard InChI is InChI=1S/C27H19FN4O5S/c1-15-22(25(34)30-19-7-3-2-4-8-19)23(16-10-12-18(28)13-11-16)31-26(35)21(38-27(31)29-15)14-17-6-5-9-20(24(17)33)32(36)37/h2-14,23,33H,1H3,(H,30,34)/t23-/m0/s1. The fourth-order valence-electron chi connectivity index (χ4n) is 4.25. The fraction of sp³-hybridized carbons (Fsp3) is 0.0741. The van der Waals surface area contributed by atoms with Crippen LogP contribution in [0.3, 0.4) is 0 Å². The molecule has 11 heteroatoms. The minimum Gasteiger partial charge on any atom is -0.502 e. The number of nitro benzene ring substituents is 1. The molecule has 5 rings (SSSR count). The molecule has 4 aromatic rings. The quantitative estimate of drug-likeness (QED) is 0.301. The number of fused-ring (bicyclic) bond motifs is 1. The molecule has 0 radical (unpaired) electrons. The molecule has 0 saturated carbocycles. The first kappa shape index (κ1) is 24.8. The van der Waals surface area contributed by atoms with E-state index in [1.807, 2.05) is 6.07 Å². The smallest absolute Gasteiger partial charge is 0.311 e. The van der Waals surface area contributed by atoms with Crippen LogP contribution >= 0.6 is 11.3 Å². The number of para-hydroxylation sites is 2. The lowest BCUT2D eigenvalue weighted by Gasteiger charge is -2.25. The third-order valence-corrected chi connectivity index (χ3v) is 7.00. The summed E-state index contributed by atoms with van der Waals surface area (Å²) in [4.78, 5) is 42.4. The van der Waals surface area contributed by atoms with Gasteiger partial charge in [-0.15, -0.1) is 0 Å². The van der Waals surface area contributed by atoms with Crippen molar-refractivity contribution in [1.82, 2.24) is 4.57 Å². The van der Waals surface area contributed by atoms with Gasteiger partial charge in [0, 0.05) is 17.3 Å². The molecule has 9 nitrogen and oxygen atoms in total. The highest BCUT2D eigenvalue weighted by molar-refractivity contribution is 7.07. The minimum atomic E-state index is -0.920. The number of phenols is 1. The molecule has 2 N–H and O–H groups in total. The molecular weight excluding hydrogens is 511 g/mol. The first-order valence-corrected chi connectivity index (χ1v) is 12.2. The van der Waals surface area contributed by atoms with Gasteiger partial charge in [0.2, 0.25) is 5.75 Å². The zero-order valence-electron chi connectivity index (χ0n) is 19.8. The van der Waals surface area contributed by atoms with Gasteiger partial charge in [-0.2, -0.15) is 0 Å². The molecule has 0 spiro atoms. The average Bonchev–Trinajstić information content (AvgIpc) is 3.19. The number of nitro groups is 1. The molecule has 0 saturated heterocycles. The highest BCUT2D eigenvalue weighted by Crippen LogP contribution is 2.32. The summed E-state index contributed by atoms with van der Waals surface area (Å²) in [6.07, 6.45) is 1.34. The molecule has 1 atom stereocenters. The maximum absolute atomic E-state index is 13.8. The SMILES string of the molecule is CC1=C(C(=O)Nc2ccccc2)[C@H](c2ccc(F)cc2)n2c(sc(=Cc3cccc([N+](=O)[O-])c3O)c2=O)=N1. The van der Waals surface area contributed by atoms with Gasteiger partial charge >= 0.3 is 5.69 Å². The van der Waals surface area contributed by atoms with E-state index in [2.05, 4.69) is 10.3 Å². The second-order valence-corrected chi connectivity index (χ2v) is 9.43. The molecule has 1 aromatic heterocycles. The molecule has 0 bridgehead atoms. The number of hydrogen-bond acceptors (Lipinski definition) is 7. The Morgan fingerprint density at radius 3 is 2.53 bits per heavy atom. The van der Waals surface area contributed by atoms with Crippen LogP contribution in [0.25, 0.3) is 6.08 Å². The molecule has 1 amide bonds. The van der Waals surface area contributed by atoms with E-state index in [-0.39, 0.29) is 20.5 Å². The minimum absolute atomic E-state index is 0.0838. The van der Waals surface area contributed by atoms with Crippen molar-refractivity contribution in [2.75, 3.05) is 5.32 Å². The highest BCUT2D eigenvalue weighted by atomic mass is 32.1. The number of benzene rings is 3. The van der Waals surface area contributed by atoms with E-state index in [4.69, 9.17) is 0 Å². The van der Waals surface area contributed by atoms with Crippen molar-refractivity contribution in [2.45, 2.75) is 13.0 Å². The first-order valence-electron chi connectivity index (χ1n) is 11.4. The van der Waals surface area contributed by atoms with Crippen molar-refractivity contribution in [1.29, 1.82) is 0 Å². The third kappa shape index (κ3) is 4.50. The van der Waals surface area contributed by atoms with Gasteiger partial charge in [-0.05, 0) is 42.8 Å². The Morgan fingerprint density at radius 2 is 1.84 bits per heavy atom. The van der Waals surface area contributed by atoms with Crippen LogP contribution in [0.4, 0.5) is 15.8 Å². The Kier molecular flexibility index (Phi) is 6.43. The van der Waals surface area contributed by atoms with E-state index >= 15 is 0 Å². The van der Waals surface area contributed by atoms with E-state index in [9.17, 15) is 29.2 Å². The van der Waals surface area contributed by atoms with Crippen LogP contribution in [0.2, 0.25) is 0 Å². The number of phenolic OH excluding ortho intramolecular Hbond substituents is 1. The number of allylic oxidation sites excluding steroid dienone is 1. The Hall–Kier alpha value is -4.90. The predicted molar refractivity (Wildman–Crippen MR) is 140 cm³/mol. The van der Waals surface area contributed by atoms with Crippen LogP contribution in [0.15, 0.2) is 93.9 Å². The van der Waals surface area contributed by atoms with E-state index in [0.29, 0.717) is 16.9 Å². The van der Waals surface area contributed by atoms with E-state index in [1.165, 1.54) is 47.0 Å². The molecule has 0 aliphatic carbocycles. The molecule has 2 heterocycles. The van der Waals surface area contributed by atoms with Gasteiger partial charge in [0.25, 0.3) is 11.5 Å². The summed E-state index contributed by atoms with van der Waals surface area (Å²) in [7, 11) is 0. The van der Waals surface area contributed by atoms with Crippen LogP contribution in [0, 0.1) is 15.9 Å². The number of halogens is 1. The summed E-state index contributed by atoms with van der Waals surface area (Å²) < 4.78 is 15.3.